The van der Waals surface area contributed by atoms with Gasteiger partial charge in [0.2, 0.25) is 0 Å². The number of piperazine rings is 1. The van der Waals surface area contributed by atoms with Gasteiger partial charge in [-0.15, -0.1) is 0 Å². The van der Waals surface area contributed by atoms with Crippen molar-refractivity contribution >= 4 is 6.09 Å². The quantitative estimate of drug-likeness (QED) is 0.721. The highest BCUT2D eigenvalue weighted by Gasteiger charge is 2.23. The zero-order chi connectivity index (χ0) is 12.8. The summed E-state index contributed by atoms with van der Waals surface area (Å²) in [5, 5.41) is 0. The van der Waals surface area contributed by atoms with Crippen molar-refractivity contribution in [2.75, 3.05) is 39.3 Å². The van der Waals surface area contributed by atoms with Crippen molar-refractivity contribution < 1.29 is 9.53 Å². The third-order valence-corrected chi connectivity index (χ3v) is 3.79. The molecule has 0 bridgehead atoms. The Labute approximate surface area is 110 Å². The zero-order valence-electron chi connectivity index (χ0n) is 11.3. The lowest BCUT2D eigenvalue weighted by molar-refractivity contribution is 0.0747. The average Bonchev–Trinajstić information content (AvgIpc) is 2.41. The lowest BCUT2D eigenvalue weighted by atomic mass is 9.94. The summed E-state index contributed by atoms with van der Waals surface area (Å²) in [6.07, 6.45) is 8.20. The van der Waals surface area contributed by atoms with Crippen molar-refractivity contribution in [1.29, 1.82) is 0 Å². The third-order valence-electron chi connectivity index (χ3n) is 3.79. The number of hydrogen-bond acceptors (Lipinski definition) is 3. The van der Waals surface area contributed by atoms with Gasteiger partial charge < -0.3 is 9.64 Å². The number of allylic oxidation sites excluding steroid dienone is 2. The van der Waals surface area contributed by atoms with Crippen molar-refractivity contribution in [3.8, 4) is 0 Å². The van der Waals surface area contributed by atoms with E-state index < -0.39 is 0 Å². The third kappa shape index (κ3) is 3.73. The van der Waals surface area contributed by atoms with E-state index >= 15 is 0 Å². The molecule has 0 aromatic carbocycles. The SMILES string of the molecule is CCOC(=O)N1CCN(C[C@H]2CC=CCC2)CC1. The van der Waals surface area contributed by atoms with Gasteiger partial charge in [0.15, 0.2) is 0 Å². The minimum atomic E-state index is -0.155. The predicted octanol–water partition coefficient (Wildman–Crippen LogP) is 2.12. The highest BCUT2D eigenvalue weighted by atomic mass is 16.6. The molecule has 1 aliphatic carbocycles. The van der Waals surface area contributed by atoms with Crippen LogP contribution in [0.2, 0.25) is 0 Å². The largest absolute Gasteiger partial charge is 0.450 e. The first kappa shape index (κ1) is 13.4. The summed E-state index contributed by atoms with van der Waals surface area (Å²) in [6.45, 7) is 7.08. The van der Waals surface area contributed by atoms with Crippen molar-refractivity contribution in [2.45, 2.75) is 26.2 Å². The van der Waals surface area contributed by atoms with Gasteiger partial charge in [-0.25, -0.2) is 4.79 Å². The molecule has 1 amide bonds. The van der Waals surface area contributed by atoms with Gasteiger partial charge in [0, 0.05) is 32.7 Å². The molecule has 0 N–H and O–H groups in total. The Bertz CT molecular complexity index is 296. The van der Waals surface area contributed by atoms with Crippen LogP contribution in [-0.2, 0) is 4.74 Å². The van der Waals surface area contributed by atoms with E-state index in [1.54, 1.807) is 0 Å². The van der Waals surface area contributed by atoms with E-state index in [1.165, 1.54) is 25.8 Å². The highest BCUT2D eigenvalue weighted by molar-refractivity contribution is 5.67. The van der Waals surface area contributed by atoms with Gasteiger partial charge in [-0.2, -0.15) is 0 Å². The Morgan fingerprint density at radius 2 is 2.06 bits per heavy atom. The molecule has 1 heterocycles. The highest BCUT2D eigenvalue weighted by Crippen LogP contribution is 2.19. The number of ether oxygens (including phenoxy) is 1. The van der Waals surface area contributed by atoms with E-state index in [4.69, 9.17) is 4.74 Å². The molecule has 2 rings (SSSR count). The van der Waals surface area contributed by atoms with Crippen LogP contribution in [0.15, 0.2) is 12.2 Å². The molecular formula is C14H24N2O2. The molecule has 0 spiro atoms. The molecule has 1 aliphatic heterocycles. The first-order valence-corrected chi connectivity index (χ1v) is 7.08. The van der Waals surface area contributed by atoms with Crippen LogP contribution in [0.25, 0.3) is 0 Å². The monoisotopic (exact) mass is 252 g/mol. The Morgan fingerprint density at radius 3 is 2.67 bits per heavy atom. The van der Waals surface area contributed by atoms with E-state index in [0.29, 0.717) is 6.61 Å². The van der Waals surface area contributed by atoms with Crippen LogP contribution in [-0.4, -0.2) is 55.2 Å². The van der Waals surface area contributed by atoms with Crippen LogP contribution >= 0.6 is 0 Å². The summed E-state index contributed by atoms with van der Waals surface area (Å²) in [7, 11) is 0. The molecule has 1 fully saturated rings. The van der Waals surface area contributed by atoms with Crippen LogP contribution in [0.1, 0.15) is 26.2 Å². The van der Waals surface area contributed by atoms with E-state index in [2.05, 4.69) is 17.1 Å². The Kier molecular flexibility index (Phi) is 5.05. The van der Waals surface area contributed by atoms with E-state index in [-0.39, 0.29) is 6.09 Å². The van der Waals surface area contributed by atoms with Gasteiger partial charge >= 0.3 is 6.09 Å². The van der Waals surface area contributed by atoms with Crippen LogP contribution in [0.4, 0.5) is 4.79 Å². The van der Waals surface area contributed by atoms with E-state index in [9.17, 15) is 4.79 Å². The van der Waals surface area contributed by atoms with Crippen molar-refractivity contribution in [3.05, 3.63) is 12.2 Å². The molecular weight excluding hydrogens is 228 g/mol. The molecule has 4 nitrogen and oxygen atoms in total. The van der Waals surface area contributed by atoms with Crippen LogP contribution in [0, 0.1) is 5.92 Å². The summed E-state index contributed by atoms with van der Waals surface area (Å²) in [5.41, 5.74) is 0. The fraction of sp³-hybridized carbons (Fsp3) is 0.786. The smallest absolute Gasteiger partial charge is 0.409 e. The fourth-order valence-electron chi connectivity index (χ4n) is 2.72. The molecule has 0 aromatic rings. The van der Waals surface area contributed by atoms with E-state index in [1.807, 2.05) is 11.8 Å². The molecule has 102 valence electrons. The topological polar surface area (TPSA) is 32.8 Å². The summed E-state index contributed by atoms with van der Waals surface area (Å²) < 4.78 is 5.03. The zero-order valence-corrected chi connectivity index (χ0v) is 11.3. The summed E-state index contributed by atoms with van der Waals surface area (Å²) >= 11 is 0. The molecule has 0 saturated carbocycles. The number of carbonyl (C=O) groups is 1. The van der Waals surface area contributed by atoms with Crippen molar-refractivity contribution in [2.24, 2.45) is 5.92 Å². The van der Waals surface area contributed by atoms with Crippen molar-refractivity contribution in [3.63, 3.8) is 0 Å². The maximum absolute atomic E-state index is 11.6. The minimum absolute atomic E-state index is 0.155. The van der Waals surface area contributed by atoms with Gasteiger partial charge in [0.25, 0.3) is 0 Å². The Balaban J connectivity index is 1.69. The lowest BCUT2D eigenvalue weighted by Gasteiger charge is -2.36. The molecule has 4 heteroatoms. The molecule has 0 unspecified atom stereocenters. The molecule has 1 saturated heterocycles. The first-order chi connectivity index (χ1) is 8.79. The molecule has 0 radical (unpaired) electrons. The maximum Gasteiger partial charge on any atom is 0.409 e. The van der Waals surface area contributed by atoms with Gasteiger partial charge in [-0.1, -0.05) is 12.2 Å². The summed E-state index contributed by atoms with van der Waals surface area (Å²) in [4.78, 5) is 15.9. The van der Waals surface area contributed by atoms with Crippen LogP contribution in [0.5, 0.6) is 0 Å². The lowest BCUT2D eigenvalue weighted by Crippen LogP contribution is -2.49. The second-order valence-electron chi connectivity index (χ2n) is 5.14. The Morgan fingerprint density at radius 1 is 1.28 bits per heavy atom. The number of rotatable bonds is 3. The predicted molar refractivity (Wildman–Crippen MR) is 71.5 cm³/mol. The fourth-order valence-corrected chi connectivity index (χ4v) is 2.72. The molecule has 0 aromatic heterocycles. The van der Waals surface area contributed by atoms with Gasteiger partial charge in [0.1, 0.15) is 0 Å². The van der Waals surface area contributed by atoms with Crippen LogP contribution < -0.4 is 0 Å². The maximum atomic E-state index is 11.6. The van der Waals surface area contributed by atoms with Gasteiger partial charge in [-0.3, -0.25) is 4.90 Å². The van der Waals surface area contributed by atoms with Gasteiger partial charge in [0.05, 0.1) is 6.61 Å². The minimum Gasteiger partial charge on any atom is -0.450 e. The number of carbonyl (C=O) groups excluding carboxylic acids is 1. The van der Waals surface area contributed by atoms with Gasteiger partial charge in [-0.05, 0) is 32.1 Å². The second kappa shape index (κ2) is 6.78. The number of nitrogens with zero attached hydrogens (tertiary/aromatic N) is 2. The molecule has 2 aliphatic rings. The number of amides is 1. The standard InChI is InChI=1S/C14H24N2O2/c1-2-18-14(17)16-10-8-15(9-11-16)12-13-6-4-3-5-7-13/h3-4,13H,2,5-12H2,1H3/t13-/m0/s1. The normalized spacial score (nSPS) is 25.2. The summed E-state index contributed by atoms with van der Waals surface area (Å²) in [6, 6.07) is 0. The average molecular weight is 252 g/mol. The summed E-state index contributed by atoms with van der Waals surface area (Å²) in [5.74, 6) is 0.809. The second-order valence-corrected chi connectivity index (χ2v) is 5.14. The molecule has 18 heavy (non-hydrogen) atoms. The van der Waals surface area contributed by atoms with Crippen LogP contribution in [0.3, 0.4) is 0 Å². The van der Waals surface area contributed by atoms with E-state index in [0.717, 1.165) is 32.1 Å². The first-order valence-electron chi connectivity index (χ1n) is 7.08. The number of hydrogen-bond donors (Lipinski definition) is 0. The molecule has 1 atom stereocenters. The Hall–Kier alpha value is -1.03. The van der Waals surface area contributed by atoms with Crippen molar-refractivity contribution in [1.82, 2.24) is 9.80 Å².